The minimum atomic E-state index is -2.55. The minimum absolute atomic E-state index is 0.644. The fourth-order valence-electron chi connectivity index (χ4n) is 6.21. The summed E-state index contributed by atoms with van der Waals surface area (Å²) in [6, 6.07) is 0. The van der Waals surface area contributed by atoms with Crippen LogP contribution in [-0.4, -0.2) is 200 Å². The van der Waals surface area contributed by atoms with E-state index in [-0.39, 0.29) is 0 Å². The molecule has 0 spiro atoms. The van der Waals surface area contributed by atoms with Crippen molar-refractivity contribution in [1.82, 2.24) is 0 Å². The number of carbonyl (C=O) groups is 4. The summed E-state index contributed by atoms with van der Waals surface area (Å²) in [5.74, 6) is -8.41. The third kappa shape index (κ3) is 9.67. The van der Waals surface area contributed by atoms with Crippen molar-refractivity contribution < 1.29 is 123 Å². The fourth-order valence-corrected chi connectivity index (χ4v) is 6.21. The van der Waals surface area contributed by atoms with Crippen molar-refractivity contribution in [2.75, 3.05) is 0 Å². The molecule has 4 aliphatic rings. The molecule has 8 N–H and O–H groups in total. The zero-order valence-corrected chi connectivity index (χ0v) is 29.2. The summed E-state index contributed by atoms with van der Waals surface area (Å²) in [4.78, 5) is 47.9. The van der Waals surface area contributed by atoms with Crippen molar-refractivity contribution in [2.24, 2.45) is 0 Å². The summed E-state index contributed by atoms with van der Waals surface area (Å²) in [5.41, 5.74) is 0. The van der Waals surface area contributed by atoms with Crippen LogP contribution in [-0.2, 0) is 61.8 Å². The highest BCUT2D eigenvalue weighted by Crippen LogP contribution is 2.35. The monoisotopic (exact) mass is 802 g/mol. The Bertz CT molecular complexity index is 1350. The van der Waals surface area contributed by atoms with Crippen LogP contribution >= 0.6 is 0 Å². The van der Waals surface area contributed by atoms with E-state index in [1.165, 1.54) is 27.7 Å². The first kappa shape index (κ1) is 44.9. The van der Waals surface area contributed by atoms with Gasteiger partial charge in [0.15, 0.2) is 25.2 Å². The topological polar surface area (TPSA) is 405 Å². The molecule has 4 fully saturated rings. The second kappa shape index (κ2) is 18.2. The zero-order chi connectivity index (χ0) is 41.4. The molecule has 0 aliphatic carbocycles. The number of aliphatic hydroxyl groups excluding tert-OH is 8. The lowest BCUT2D eigenvalue weighted by Gasteiger charge is -2.50. The molecule has 0 aromatic rings. The molecule has 8 unspecified atom stereocenters. The fraction of sp³-hybridized carbons (Fsp3) is 0.867. The highest BCUT2D eigenvalue weighted by Gasteiger charge is 2.56. The van der Waals surface area contributed by atoms with Crippen LogP contribution in [0, 0.1) is 0 Å². The van der Waals surface area contributed by atoms with Crippen molar-refractivity contribution in [3.8, 4) is 0 Å². The van der Waals surface area contributed by atoms with Gasteiger partial charge >= 0.3 is 0 Å². The number of hydrogen-bond acceptors (Lipinski definition) is 25. The molecule has 4 saturated heterocycles. The normalized spacial score (nSPS) is 45.3. The second-order valence-electron chi connectivity index (χ2n) is 13.5. The molecule has 4 rings (SSSR count). The van der Waals surface area contributed by atoms with Gasteiger partial charge in [0.25, 0.3) is 0 Å². The Morgan fingerprint density at radius 2 is 0.636 bits per heavy atom. The first-order chi connectivity index (χ1) is 25.6. The summed E-state index contributed by atoms with van der Waals surface area (Å²) in [6.45, 7) is 5.91. The number of aliphatic carboxylic acids is 4. The number of rotatable bonds is 14. The van der Waals surface area contributed by atoms with Gasteiger partial charge in [-0.05, 0) is 27.7 Å². The van der Waals surface area contributed by atoms with E-state index >= 15 is 0 Å². The molecule has 25 nitrogen and oxygen atoms in total. The van der Waals surface area contributed by atoms with Gasteiger partial charge in [-0.3, -0.25) is 0 Å². The predicted octanol–water partition coefficient (Wildman–Crippen LogP) is -11.9. The van der Waals surface area contributed by atoms with Crippen molar-refractivity contribution >= 4 is 23.9 Å². The Balaban J connectivity index is 1.51. The van der Waals surface area contributed by atoms with E-state index in [1.54, 1.807) is 0 Å². The summed E-state index contributed by atoms with van der Waals surface area (Å²) in [7, 11) is 0. The number of carboxylic acid groups (broad SMARTS) is 4. The lowest BCUT2D eigenvalue weighted by Crippen LogP contribution is -2.70. The maximum Gasteiger partial charge on any atom is 0.187 e. The predicted molar refractivity (Wildman–Crippen MR) is 154 cm³/mol. The molecule has 0 aromatic carbocycles. The lowest BCUT2D eigenvalue weighted by molar-refractivity contribution is -0.403. The molecular weight excluding hydrogens is 760 g/mol. The number of hydrogen-bond donors (Lipinski definition) is 8. The van der Waals surface area contributed by atoms with Crippen LogP contribution in [0.4, 0.5) is 0 Å². The molecule has 0 aromatic heterocycles. The summed E-state index contributed by atoms with van der Waals surface area (Å²) in [6.07, 6.45) is -46.3. The standard InChI is InChI=1S/C30H46O25/c1-5(2)47-15-7(31)12(36)28(53-19(15)23(39)40)50-17-9(33)14(38)30(55-21(17)25(43)44)51-18-10(34)13(37)29(54-22(18)26(45)46)49-16-8(32)11(35)27(48-6(3)4)52-20(16)24(41)42/h5-22,27-38H,1-4H3,(H,39,40)(H,41,42)(H,43,44)(H,45,46)/p-4/t7-,8?,9?,10+,11?,12?,13?,14?,15-,16-,17-,18-,19?,20+,21+,22?,27+,28+,29+,30+/m0/s1. The molecular formula is C30H42O25-4. The van der Waals surface area contributed by atoms with Crippen LogP contribution in [0.3, 0.4) is 0 Å². The van der Waals surface area contributed by atoms with Crippen LogP contribution in [0.15, 0.2) is 0 Å². The average Bonchev–Trinajstić information content (AvgIpc) is 3.09. The highest BCUT2D eigenvalue weighted by atomic mass is 16.8. The summed E-state index contributed by atoms with van der Waals surface area (Å²) >= 11 is 0. The SMILES string of the molecule is CC(C)O[C@@H]1O[C@@H](C(=O)[O-])[C@@H](O[C@@H]2OC(C(=O)[O-])[C@@H](O[C@@H]3O[C@@H](C(=O)[O-])[C@@H](O[C@@H]4OC(C(=O)[O-])[C@@H](OC(C)C)[C@@H](O)C4O)C(O)C3O)[C@H](O)C2O)C(O)C1O. The van der Waals surface area contributed by atoms with Crippen molar-refractivity contribution in [3.05, 3.63) is 0 Å². The Hall–Kier alpha value is -2.80. The van der Waals surface area contributed by atoms with Crippen LogP contribution < -0.4 is 20.4 Å². The van der Waals surface area contributed by atoms with E-state index in [4.69, 9.17) is 42.6 Å². The first-order valence-electron chi connectivity index (χ1n) is 16.7. The largest absolute Gasteiger partial charge is 0.547 e. The highest BCUT2D eigenvalue weighted by molar-refractivity contribution is 5.72. The molecule has 316 valence electrons. The van der Waals surface area contributed by atoms with Gasteiger partial charge in [0.05, 0.1) is 36.1 Å². The Morgan fingerprint density at radius 1 is 0.400 bits per heavy atom. The Labute approximate surface area is 309 Å². The van der Waals surface area contributed by atoms with Gasteiger partial charge in [-0.2, -0.15) is 0 Å². The zero-order valence-electron chi connectivity index (χ0n) is 29.2. The van der Waals surface area contributed by atoms with E-state index in [0.717, 1.165) is 0 Å². The molecule has 4 aliphatic heterocycles. The summed E-state index contributed by atoms with van der Waals surface area (Å²) in [5, 5.41) is 134. The quantitative estimate of drug-likeness (QED) is 0.0808. The average molecular weight is 803 g/mol. The summed E-state index contributed by atoms with van der Waals surface area (Å²) < 4.78 is 46.9. The van der Waals surface area contributed by atoms with Gasteiger partial charge in [-0.25, -0.2) is 0 Å². The number of ether oxygens (including phenoxy) is 9. The van der Waals surface area contributed by atoms with Gasteiger partial charge in [-0.1, -0.05) is 0 Å². The van der Waals surface area contributed by atoms with Gasteiger partial charge in [0.2, 0.25) is 0 Å². The van der Waals surface area contributed by atoms with Crippen LogP contribution in [0.25, 0.3) is 0 Å². The molecule has 25 heteroatoms. The number of carbonyl (C=O) groups excluding carboxylic acids is 4. The maximum absolute atomic E-state index is 12.1. The van der Waals surface area contributed by atoms with E-state index < -0.39 is 159 Å². The van der Waals surface area contributed by atoms with Gasteiger partial charge in [0.1, 0.15) is 97.7 Å². The number of aliphatic hydroxyl groups is 8. The molecule has 0 amide bonds. The van der Waals surface area contributed by atoms with Gasteiger partial charge < -0.3 is 123 Å². The molecule has 0 radical (unpaired) electrons. The lowest BCUT2D eigenvalue weighted by atomic mass is 9.95. The van der Waals surface area contributed by atoms with E-state index in [0.29, 0.717) is 0 Å². The first-order valence-corrected chi connectivity index (χ1v) is 16.7. The molecule has 0 saturated carbocycles. The minimum Gasteiger partial charge on any atom is -0.547 e. The third-order valence-electron chi connectivity index (χ3n) is 8.82. The van der Waals surface area contributed by atoms with Crippen molar-refractivity contribution in [2.45, 2.75) is 163 Å². The second-order valence-corrected chi connectivity index (χ2v) is 13.5. The van der Waals surface area contributed by atoms with Crippen LogP contribution in [0.1, 0.15) is 27.7 Å². The molecule has 55 heavy (non-hydrogen) atoms. The van der Waals surface area contributed by atoms with E-state index in [9.17, 15) is 80.5 Å². The van der Waals surface area contributed by atoms with Crippen LogP contribution in [0.5, 0.6) is 0 Å². The van der Waals surface area contributed by atoms with Crippen molar-refractivity contribution in [1.29, 1.82) is 0 Å². The molecule has 20 atom stereocenters. The number of carboxylic acids is 4. The Morgan fingerprint density at radius 3 is 0.909 bits per heavy atom. The maximum atomic E-state index is 12.1. The molecule has 4 heterocycles. The third-order valence-corrected chi connectivity index (χ3v) is 8.82. The van der Waals surface area contributed by atoms with Gasteiger partial charge in [-0.15, -0.1) is 0 Å². The van der Waals surface area contributed by atoms with E-state index in [1.807, 2.05) is 0 Å². The smallest absolute Gasteiger partial charge is 0.187 e. The Kier molecular flexibility index (Phi) is 14.9. The van der Waals surface area contributed by atoms with E-state index in [2.05, 4.69) is 0 Å². The van der Waals surface area contributed by atoms with Crippen LogP contribution in [0.2, 0.25) is 0 Å². The van der Waals surface area contributed by atoms with Gasteiger partial charge in [0, 0.05) is 0 Å². The van der Waals surface area contributed by atoms with Crippen molar-refractivity contribution in [3.63, 3.8) is 0 Å². The molecule has 0 bridgehead atoms.